The molecule has 2 aromatic rings. The van der Waals surface area contributed by atoms with Crippen molar-refractivity contribution in [3.63, 3.8) is 0 Å². The average molecular weight is 271 g/mol. The highest BCUT2D eigenvalue weighted by atomic mass is 19.1. The summed E-state index contributed by atoms with van der Waals surface area (Å²) >= 11 is 0. The summed E-state index contributed by atoms with van der Waals surface area (Å²) in [4.78, 5) is 11.5. The fourth-order valence-corrected chi connectivity index (χ4v) is 2.44. The fourth-order valence-electron chi connectivity index (χ4n) is 2.44. The Labute approximate surface area is 120 Å². The number of hydrogen-bond acceptors (Lipinski definition) is 1. The summed E-state index contributed by atoms with van der Waals surface area (Å²) in [5, 5.41) is 1.01. The topological polar surface area (TPSA) is 22.0 Å². The van der Waals surface area contributed by atoms with Crippen molar-refractivity contribution < 1.29 is 4.39 Å². The van der Waals surface area contributed by atoms with E-state index in [2.05, 4.69) is 0 Å². The van der Waals surface area contributed by atoms with Crippen LogP contribution in [0.15, 0.2) is 29.2 Å². The first-order valence-electron chi connectivity index (χ1n) is 7.14. The molecule has 2 nitrogen and oxygen atoms in total. The van der Waals surface area contributed by atoms with Crippen LogP contribution in [0.2, 0.25) is 0 Å². The first-order chi connectivity index (χ1) is 9.59. The molecule has 1 heterocycles. The van der Waals surface area contributed by atoms with E-state index in [0.29, 0.717) is 10.8 Å². The monoisotopic (exact) mass is 271 g/mol. The van der Waals surface area contributed by atoms with Gasteiger partial charge in [-0.15, -0.1) is 0 Å². The Balaban J connectivity index is 0.000000205. The van der Waals surface area contributed by atoms with Crippen LogP contribution in [0.25, 0.3) is 10.8 Å². The largest absolute Gasteiger partial charge is 0.318 e. The summed E-state index contributed by atoms with van der Waals surface area (Å²) < 4.78 is 14.5. The Morgan fingerprint density at radius 3 is 2.20 bits per heavy atom. The smallest absolute Gasteiger partial charge is 0.258 e. The minimum absolute atomic E-state index is 0.0609. The van der Waals surface area contributed by atoms with Crippen molar-refractivity contribution >= 4 is 24.1 Å². The van der Waals surface area contributed by atoms with Gasteiger partial charge in [0.25, 0.3) is 5.56 Å². The highest BCUT2D eigenvalue weighted by Crippen LogP contribution is 2.15. The van der Waals surface area contributed by atoms with E-state index in [1.807, 2.05) is 0 Å². The van der Waals surface area contributed by atoms with Crippen LogP contribution < -0.4 is 11.0 Å². The molecule has 1 fully saturated rings. The van der Waals surface area contributed by atoms with Crippen molar-refractivity contribution in [3.05, 3.63) is 40.6 Å². The predicted molar refractivity (Wildman–Crippen MR) is 82.2 cm³/mol. The van der Waals surface area contributed by atoms with Crippen LogP contribution in [-0.4, -0.2) is 12.4 Å². The highest BCUT2D eigenvalue weighted by molar-refractivity contribution is 6.33. The molecule has 1 aliphatic rings. The van der Waals surface area contributed by atoms with Gasteiger partial charge in [-0.05, 0) is 17.5 Å². The van der Waals surface area contributed by atoms with E-state index >= 15 is 0 Å². The van der Waals surface area contributed by atoms with E-state index in [9.17, 15) is 9.18 Å². The maximum absolute atomic E-state index is 13.1. The van der Waals surface area contributed by atoms with Crippen molar-refractivity contribution in [3.8, 4) is 0 Å². The molecule has 0 spiro atoms. The Morgan fingerprint density at radius 2 is 1.65 bits per heavy atom. The van der Waals surface area contributed by atoms with Gasteiger partial charge in [-0.3, -0.25) is 4.79 Å². The van der Waals surface area contributed by atoms with Crippen LogP contribution in [0.4, 0.5) is 4.39 Å². The van der Waals surface area contributed by atoms with E-state index in [1.54, 1.807) is 19.3 Å². The first kappa shape index (κ1) is 14.8. The first-order valence-corrected chi connectivity index (χ1v) is 7.14. The third kappa shape index (κ3) is 3.50. The third-order valence-electron chi connectivity index (χ3n) is 3.70. The van der Waals surface area contributed by atoms with Gasteiger partial charge in [0.05, 0.1) is 5.39 Å². The summed E-state index contributed by atoms with van der Waals surface area (Å²) in [5.74, 6) is -0.555. The Bertz CT molecular complexity index is 635. The number of aryl methyl sites for hydroxylation is 1. The van der Waals surface area contributed by atoms with Gasteiger partial charge in [-0.1, -0.05) is 50.1 Å². The molecular weight excluding hydrogens is 252 g/mol. The lowest BCUT2D eigenvalue weighted by atomic mass is 9.93. The Kier molecular flexibility index (Phi) is 4.99. The van der Waals surface area contributed by atoms with Crippen LogP contribution in [0.3, 0.4) is 0 Å². The van der Waals surface area contributed by atoms with Crippen molar-refractivity contribution in [1.29, 1.82) is 0 Å². The van der Waals surface area contributed by atoms with Crippen molar-refractivity contribution in [1.82, 2.24) is 4.57 Å². The SMILES string of the molecule is C1CCCCC1.[B]c1cc2ccn(C)c(=O)c2cc1F. The summed E-state index contributed by atoms with van der Waals surface area (Å²) in [6.45, 7) is 0. The lowest BCUT2D eigenvalue weighted by Crippen LogP contribution is -2.18. The number of halogens is 1. The second-order valence-electron chi connectivity index (χ2n) is 5.31. The normalized spacial score (nSPS) is 14.7. The van der Waals surface area contributed by atoms with Crippen molar-refractivity contribution in [2.45, 2.75) is 38.5 Å². The number of pyridine rings is 1. The summed E-state index contributed by atoms with van der Waals surface area (Å²) in [6, 6.07) is 4.37. The summed E-state index contributed by atoms with van der Waals surface area (Å²) in [6.07, 6.45) is 10.6. The molecule has 104 valence electrons. The zero-order valence-corrected chi connectivity index (χ0v) is 11.9. The molecule has 2 radical (unpaired) electrons. The number of nitrogens with zero attached hydrogens (tertiary/aromatic N) is 1. The lowest BCUT2D eigenvalue weighted by Gasteiger charge is -2.05. The fraction of sp³-hybridized carbons (Fsp3) is 0.438. The van der Waals surface area contributed by atoms with Gasteiger partial charge >= 0.3 is 0 Å². The van der Waals surface area contributed by atoms with Crippen LogP contribution in [0.5, 0.6) is 0 Å². The van der Waals surface area contributed by atoms with E-state index in [1.165, 1.54) is 55.2 Å². The molecule has 1 aromatic heterocycles. The number of aromatic nitrogens is 1. The molecule has 4 heteroatoms. The highest BCUT2D eigenvalue weighted by Gasteiger charge is 2.04. The van der Waals surface area contributed by atoms with E-state index < -0.39 is 5.82 Å². The molecule has 0 bridgehead atoms. The molecule has 0 N–H and O–H groups in total. The Hall–Kier alpha value is -1.58. The molecule has 0 aliphatic heterocycles. The Morgan fingerprint density at radius 1 is 1.10 bits per heavy atom. The van der Waals surface area contributed by atoms with Gasteiger partial charge in [0.2, 0.25) is 0 Å². The molecular formula is C16H19BFNO. The molecule has 0 saturated heterocycles. The van der Waals surface area contributed by atoms with Crippen molar-refractivity contribution in [2.24, 2.45) is 7.05 Å². The zero-order chi connectivity index (χ0) is 14.5. The number of rotatable bonds is 0. The molecule has 20 heavy (non-hydrogen) atoms. The third-order valence-corrected chi connectivity index (χ3v) is 3.70. The molecule has 1 saturated carbocycles. The second kappa shape index (κ2) is 6.73. The number of fused-ring (bicyclic) bond motifs is 1. The molecule has 0 unspecified atom stereocenters. The van der Waals surface area contributed by atoms with Crippen LogP contribution in [0, 0.1) is 5.82 Å². The maximum atomic E-state index is 13.1. The molecule has 0 atom stereocenters. The van der Waals surface area contributed by atoms with Gasteiger partial charge in [0, 0.05) is 13.2 Å². The van der Waals surface area contributed by atoms with Gasteiger partial charge in [-0.2, -0.15) is 0 Å². The van der Waals surface area contributed by atoms with E-state index in [4.69, 9.17) is 7.85 Å². The maximum Gasteiger partial charge on any atom is 0.258 e. The quantitative estimate of drug-likeness (QED) is 0.675. The minimum Gasteiger partial charge on any atom is -0.318 e. The summed E-state index contributed by atoms with van der Waals surface area (Å²) in [7, 11) is 7.01. The van der Waals surface area contributed by atoms with E-state index in [0.717, 1.165) is 0 Å². The van der Waals surface area contributed by atoms with Crippen molar-refractivity contribution in [2.75, 3.05) is 0 Å². The second-order valence-corrected chi connectivity index (χ2v) is 5.31. The number of benzene rings is 1. The molecule has 0 amide bonds. The van der Waals surface area contributed by atoms with Gasteiger partial charge in [0.15, 0.2) is 0 Å². The molecule has 1 aromatic carbocycles. The van der Waals surface area contributed by atoms with Crippen LogP contribution in [-0.2, 0) is 7.05 Å². The van der Waals surface area contributed by atoms with Gasteiger partial charge in [0.1, 0.15) is 13.7 Å². The van der Waals surface area contributed by atoms with Gasteiger partial charge < -0.3 is 4.57 Å². The zero-order valence-electron chi connectivity index (χ0n) is 11.9. The van der Waals surface area contributed by atoms with Gasteiger partial charge in [-0.25, -0.2) is 4.39 Å². The van der Waals surface area contributed by atoms with Crippen LogP contribution >= 0.6 is 0 Å². The average Bonchev–Trinajstić information content (AvgIpc) is 2.48. The lowest BCUT2D eigenvalue weighted by molar-refractivity contribution is 0.504. The van der Waals surface area contributed by atoms with Crippen LogP contribution in [0.1, 0.15) is 38.5 Å². The number of hydrogen-bond donors (Lipinski definition) is 0. The summed E-state index contributed by atoms with van der Waals surface area (Å²) in [5.41, 5.74) is -0.160. The standard InChI is InChI=1S/C10H7BFNO.C6H12/c1-13-3-2-6-4-8(11)9(12)5-7(6)10(13)14;1-2-4-6-5-3-1/h2-5H,1H3;1-6H2. The molecule has 1 aliphatic carbocycles. The predicted octanol–water partition coefficient (Wildman–Crippen LogP) is 2.81. The molecule has 3 rings (SSSR count). The minimum atomic E-state index is -0.555. The van der Waals surface area contributed by atoms with E-state index in [-0.39, 0.29) is 11.0 Å².